The first-order chi connectivity index (χ1) is 12.4. The molecule has 0 bridgehead atoms. The van der Waals surface area contributed by atoms with Gasteiger partial charge in [0.05, 0.1) is 6.04 Å². The van der Waals surface area contributed by atoms with Crippen LogP contribution in [0.25, 0.3) is 0 Å². The number of anilines is 2. The van der Waals surface area contributed by atoms with Gasteiger partial charge in [-0.15, -0.1) is 0 Å². The van der Waals surface area contributed by atoms with Crippen LogP contribution in [0.2, 0.25) is 0 Å². The third-order valence-corrected chi connectivity index (χ3v) is 4.01. The van der Waals surface area contributed by atoms with Crippen LogP contribution in [-0.2, 0) is 4.79 Å². The largest absolute Gasteiger partial charge is 0.366 e. The SMILES string of the molecule is NC(=O)c1ccc(NC(=O)N[C@@H]2CC(=O)N(c3cccc(F)c3)C2)cc1. The van der Waals surface area contributed by atoms with Gasteiger partial charge in [-0.1, -0.05) is 6.07 Å². The number of nitrogens with zero attached hydrogens (tertiary/aromatic N) is 1. The van der Waals surface area contributed by atoms with Gasteiger partial charge >= 0.3 is 6.03 Å². The number of halogens is 1. The van der Waals surface area contributed by atoms with E-state index < -0.39 is 23.8 Å². The Morgan fingerprint density at radius 1 is 1.15 bits per heavy atom. The number of primary amides is 1. The lowest BCUT2D eigenvalue weighted by molar-refractivity contribution is -0.117. The molecule has 0 unspecified atom stereocenters. The summed E-state index contributed by atoms with van der Waals surface area (Å²) in [4.78, 5) is 36.7. The van der Waals surface area contributed by atoms with E-state index in [4.69, 9.17) is 5.73 Å². The Labute approximate surface area is 149 Å². The third-order valence-electron chi connectivity index (χ3n) is 4.01. The van der Waals surface area contributed by atoms with Gasteiger partial charge in [-0.25, -0.2) is 9.18 Å². The monoisotopic (exact) mass is 356 g/mol. The van der Waals surface area contributed by atoms with Crippen molar-refractivity contribution < 1.29 is 18.8 Å². The second kappa shape index (κ2) is 7.22. The summed E-state index contributed by atoms with van der Waals surface area (Å²) in [7, 11) is 0. The fourth-order valence-electron chi connectivity index (χ4n) is 2.77. The molecule has 1 saturated heterocycles. The van der Waals surface area contributed by atoms with Gasteiger partial charge in [-0.3, -0.25) is 9.59 Å². The standard InChI is InChI=1S/C18H17FN4O3/c19-12-2-1-3-15(8-12)23-10-14(9-16(23)24)22-18(26)21-13-6-4-11(5-7-13)17(20)25/h1-8,14H,9-10H2,(H2,20,25)(H2,21,22,26)/t14-/m1/s1. The first-order valence-corrected chi connectivity index (χ1v) is 7.95. The second-order valence-electron chi connectivity index (χ2n) is 5.93. The molecular weight excluding hydrogens is 339 g/mol. The maximum atomic E-state index is 13.3. The molecule has 2 aromatic rings. The van der Waals surface area contributed by atoms with Crippen molar-refractivity contribution in [3.8, 4) is 0 Å². The highest BCUT2D eigenvalue weighted by molar-refractivity contribution is 5.98. The van der Waals surface area contributed by atoms with E-state index in [1.54, 1.807) is 18.2 Å². The highest BCUT2D eigenvalue weighted by Crippen LogP contribution is 2.22. The lowest BCUT2D eigenvalue weighted by Crippen LogP contribution is -2.39. The van der Waals surface area contributed by atoms with Gasteiger partial charge in [-0.2, -0.15) is 0 Å². The molecule has 1 aliphatic rings. The topological polar surface area (TPSA) is 105 Å². The zero-order chi connectivity index (χ0) is 18.7. The molecule has 8 heteroatoms. The van der Waals surface area contributed by atoms with E-state index in [-0.39, 0.29) is 18.9 Å². The van der Waals surface area contributed by atoms with E-state index in [0.717, 1.165) is 0 Å². The Morgan fingerprint density at radius 3 is 2.54 bits per heavy atom. The normalized spacial score (nSPS) is 16.4. The zero-order valence-electron chi connectivity index (χ0n) is 13.7. The maximum absolute atomic E-state index is 13.3. The Kier molecular flexibility index (Phi) is 4.83. The summed E-state index contributed by atoms with van der Waals surface area (Å²) in [6, 6.07) is 11.0. The number of nitrogens with two attached hydrogens (primary N) is 1. The number of nitrogens with one attached hydrogen (secondary N) is 2. The minimum atomic E-state index is -0.553. The highest BCUT2D eigenvalue weighted by atomic mass is 19.1. The molecule has 26 heavy (non-hydrogen) atoms. The smallest absolute Gasteiger partial charge is 0.319 e. The Balaban J connectivity index is 1.58. The summed E-state index contributed by atoms with van der Waals surface area (Å²) in [5.74, 6) is -1.17. The lowest BCUT2D eigenvalue weighted by atomic mass is 10.2. The number of rotatable bonds is 4. The second-order valence-corrected chi connectivity index (χ2v) is 5.93. The molecule has 1 aliphatic heterocycles. The Hall–Kier alpha value is -3.42. The van der Waals surface area contributed by atoms with Crippen LogP contribution in [0, 0.1) is 5.82 Å². The minimum absolute atomic E-state index is 0.130. The van der Waals surface area contributed by atoms with Crippen LogP contribution in [0.5, 0.6) is 0 Å². The zero-order valence-corrected chi connectivity index (χ0v) is 13.7. The molecule has 1 heterocycles. The number of urea groups is 1. The van der Waals surface area contributed by atoms with E-state index in [1.165, 1.54) is 35.2 Å². The fourth-order valence-corrected chi connectivity index (χ4v) is 2.77. The summed E-state index contributed by atoms with van der Waals surface area (Å²) in [5, 5.41) is 5.33. The molecule has 0 aliphatic carbocycles. The van der Waals surface area contributed by atoms with Crippen molar-refractivity contribution in [3.63, 3.8) is 0 Å². The van der Waals surface area contributed by atoms with E-state index in [0.29, 0.717) is 16.9 Å². The highest BCUT2D eigenvalue weighted by Gasteiger charge is 2.31. The molecule has 1 atom stereocenters. The molecule has 7 nitrogen and oxygen atoms in total. The van der Waals surface area contributed by atoms with E-state index in [2.05, 4.69) is 10.6 Å². The molecule has 0 radical (unpaired) electrons. The fraction of sp³-hybridized carbons (Fsp3) is 0.167. The summed E-state index contributed by atoms with van der Waals surface area (Å²) in [6.07, 6.45) is 0.130. The molecule has 3 rings (SSSR count). The van der Waals surface area contributed by atoms with Crippen LogP contribution in [0.3, 0.4) is 0 Å². The average Bonchev–Trinajstić information content (AvgIpc) is 2.95. The number of hydrogen-bond donors (Lipinski definition) is 3. The minimum Gasteiger partial charge on any atom is -0.366 e. The van der Waals surface area contributed by atoms with Gasteiger partial charge in [-0.05, 0) is 42.5 Å². The Bertz CT molecular complexity index is 854. The molecule has 2 aromatic carbocycles. The number of benzene rings is 2. The first kappa shape index (κ1) is 17.4. The predicted octanol–water partition coefficient (Wildman–Crippen LogP) is 1.85. The van der Waals surface area contributed by atoms with Gasteiger partial charge in [0.1, 0.15) is 5.82 Å². The maximum Gasteiger partial charge on any atom is 0.319 e. The predicted molar refractivity (Wildman–Crippen MR) is 94.3 cm³/mol. The Morgan fingerprint density at radius 2 is 1.88 bits per heavy atom. The van der Waals surface area contributed by atoms with E-state index in [9.17, 15) is 18.8 Å². The quantitative estimate of drug-likeness (QED) is 0.779. The van der Waals surface area contributed by atoms with Crippen LogP contribution in [-0.4, -0.2) is 30.4 Å². The molecule has 4 amide bonds. The number of hydrogen-bond acceptors (Lipinski definition) is 3. The molecule has 4 N–H and O–H groups in total. The molecule has 0 spiro atoms. The molecule has 1 fully saturated rings. The summed E-state index contributed by atoms with van der Waals surface area (Å²) >= 11 is 0. The van der Waals surface area contributed by atoms with Crippen LogP contribution in [0.15, 0.2) is 48.5 Å². The third kappa shape index (κ3) is 3.97. The van der Waals surface area contributed by atoms with Crippen molar-refractivity contribution >= 4 is 29.2 Å². The summed E-state index contributed by atoms with van der Waals surface area (Å²) in [5.41, 5.74) is 6.44. The van der Waals surface area contributed by atoms with Crippen molar-refractivity contribution in [3.05, 3.63) is 59.9 Å². The molecule has 134 valence electrons. The number of carbonyl (C=O) groups is 3. The van der Waals surface area contributed by atoms with Crippen molar-refractivity contribution in [2.75, 3.05) is 16.8 Å². The van der Waals surface area contributed by atoms with E-state index >= 15 is 0 Å². The van der Waals surface area contributed by atoms with Crippen LogP contribution in [0.4, 0.5) is 20.6 Å². The van der Waals surface area contributed by atoms with Gasteiger partial charge < -0.3 is 21.3 Å². The van der Waals surface area contributed by atoms with Crippen molar-refractivity contribution in [2.45, 2.75) is 12.5 Å². The summed E-state index contributed by atoms with van der Waals surface area (Å²) in [6.45, 7) is 0.260. The number of amides is 4. The average molecular weight is 356 g/mol. The molecule has 0 saturated carbocycles. The van der Waals surface area contributed by atoms with Crippen LogP contribution >= 0.6 is 0 Å². The van der Waals surface area contributed by atoms with Crippen molar-refractivity contribution in [1.29, 1.82) is 0 Å². The number of carbonyl (C=O) groups excluding carboxylic acids is 3. The summed E-state index contributed by atoms with van der Waals surface area (Å²) < 4.78 is 13.3. The van der Waals surface area contributed by atoms with Gasteiger partial charge in [0.15, 0.2) is 0 Å². The lowest BCUT2D eigenvalue weighted by Gasteiger charge is -2.17. The first-order valence-electron chi connectivity index (χ1n) is 7.95. The van der Waals surface area contributed by atoms with Crippen LogP contribution in [0.1, 0.15) is 16.8 Å². The van der Waals surface area contributed by atoms with Crippen molar-refractivity contribution in [2.24, 2.45) is 5.73 Å². The molecule has 0 aromatic heterocycles. The van der Waals surface area contributed by atoms with Gasteiger partial charge in [0.25, 0.3) is 0 Å². The van der Waals surface area contributed by atoms with E-state index in [1.807, 2.05) is 0 Å². The van der Waals surface area contributed by atoms with Crippen molar-refractivity contribution in [1.82, 2.24) is 5.32 Å². The van der Waals surface area contributed by atoms with Gasteiger partial charge in [0.2, 0.25) is 11.8 Å². The van der Waals surface area contributed by atoms with Gasteiger partial charge in [0, 0.05) is 29.9 Å². The molecular formula is C18H17FN4O3. The van der Waals surface area contributed by atoms with Crippen LogP contribution < -0.4 is 21.3 Å².